The van der Waals surface area contributed by atoms with Gasteiger partial charge < -0.3 is 10.1 Å². The van der Waals surface area contributed by atoms with E-state index in [0.717, 1.165) is 26.3 Å². The fourth-order valence-corrected chi connectivity index (χ4v) is 1.83. The van der Waals surface area contributed by atoms with Crippen molar-refractivity contribution in [3.8, 4) is 0 Å². The number of likely N-dealkylation sites (N-methyl/N-ethyl adjacent to an activating group) is 1. The zero-order valence-corrected chi connectivity index (χ0v) is 8.88. The van der Waals surface area contributed by atoms with Gasteiger partial charge in [0.05, 0.1) is 6.61 Å². The fraction of sp³-hybridized carbons (Fsp3) is 1.00. The Balaban J connectivity index is 2.26. The molecule has 13 heavy (non-hydrogen) atoms. The van der Waals surface area contributed by atoms with E-state index in [9.17, 15) is 0 Å². The van der Waals surface area contributed by atoms with E-state index in [2.05, 4.69) is 17.1 Å². The Labute approximate surface area is 81.4 Å². The van der Waals surface area contributed by atoms with Crippen molar-refractivity contribution in [1.29, 1.82) is 0 Å². The molecule has 0 aliphatic carbocycles. The lowest BCUT2D eigenvalue weighted by atomic mass is 10.2. The van der Waals surface area contributed by atoms with Crippen LogP contribution < -0.4 is 5.32 Å². The Morgan fingerprint density at radius 3 is 2.85 bits per heavy atom. The van der Waals surface area contributed by atoms with Gasteiger partial charge in [-0.15, -0.1) is 0 Å². The Morgan fingerprint density at radius 1 is 1.46 bits per heavy atom. The summed E-state index contributed by atoms with van der Waals surface area (Å²) < 4.78 is 5.40. The Hall–Kier alpha value is -0.120. The van der Waals surface area contributed by atoms with Gasteiger partial charge in [-0.05, 0) is 26.4 Å². The SMILES string of the molecule is CCCN(CCNC)C1CCOC1. The molecule has 1 unspecified atom stereocenters. The third kappa shape index (κ3) is 3.63. The second-order valence-corrected chi connectivity index (χ2v) is 3.66. The highest BCUT2D eigenvalue weighted by molar-refractivity contribution is 4.75. The highest BCUT2D eigenvalue weighted by Crippen LogP contribution is 2.12. The normalized spacial score (nSPS) is 22.8. The van der Waals surface area contributed by atoms with E-state index in [-0.39, 0.29) is 0 Å². The van der Waals surface area contributed by atoms with Crippen LogP contribution in [0.15, 0.2) is 0 Å². The van der Waals surface area contributed by atoms with Gasteiger partial charge in [0, 0.05) is 25.7 Å². The zero-order chi connectivity index (χ0) is 9.52. The predicted octanol–water partition coefficient (Wildman–Crippen LogP) is 0.707. The second kappa shape index (κ2) is 6.35. The largest absolute Gasteiger partial charge is 0.380 e. The molecule has 1 fully saturated rings. The second-order valence-electron chi connectivity index (χ2n) is 3.66. The Bertz CT molecular complexity index is 124. The summed E-state index contributed by atoms with van der Waals surface area (Å²) in [7, 11) is 2.01. The molecule has 1 aliphatic rings. The van der Waals surface area contributed by atoms with E-state index in [1.165, 1.54) is 19.4 Å². The molecule has 0 radical (unpaired) electrons. The molecule has 1 rings (SSSR count). The maximum absolute atomic E-state index is 5.40. The topological polar surface area (TPSA) is 24.5 Å². The van der Waals surface area contributed by atoms with Crippen LogP contribution >= 0.6 is 0 Å². The molecule has 0 aromatic carbocycles. The lowest BCUT2D eigenvalue weighted by Crippen LogP contribution is -2.40. The maximum Gasteiger partial charge on any atom is 0.0622 e. The van der Waals surface area contributed by atoms with Gasteiger partial charge in [-0.1, -0.05) is 6.92 Å². The third-order valence-electron chi connectivity index (χ3n) is 2.58. The average molecular weight is 186 g/mol. The van der Waals surface area contributed by atoms with E-state index in [4.69, 9.17) is 4.74 Å². The van der Waals surface area contributed by atoms with E-state index in [1.54, 1.807) is 0 Å². The van der Waals surface area contributed by atoms with Crippen molar-refractivity contribution in [2.75, 3.05) is 39.9 Å². The summed E-state index contributed by atoms with van der Waals surface area (Å²) in [4.78, 5) is 2.55. The van der Waals surface area contributed by atoms with Gasteiger partial charge in [0.1, 0.15) is 0 Å². The first-order chi connectivity index (χ1) is 6.38. The first-order valence-electron chi connectivity index (χ1n) is 5.35. The van der Waals surface area contributed by atoms with E-state index >= 15 is 0 Å². The molecule has 1 atom stereocenters. The smallest absolute Gasteiger partial charge is 0.0622 e. The van der Waals surface area contributed by atoms with E-state index in [1.807, 2.05) is 7.05 Å². The number of hydrogen-bond donors (Lipinski definition) is 1. The van der Waals surface area contributed by atoms with Gasteiger partial charge >= 0.3 is 0 Å². The number of rotatable bonds is 6. The maximum atomic E-state index is 5.40. The summed E-state index contributed by atoms with van der Waals surface area (Å²) in [6, 6.07) is 0.674. The minimum absolute atomic E-state index is 0.674. The van der Waals surface area contributed by atoms with Crippen molar-refractivity contribution in [3.63, 3.8) is 0 Å². The van der Waals surface area contributed by atoms with Gasteiger partial charge in [0.25, 0.3) is 0 Å². The van der Waals surface area contributed by atoms with Crippen LogP contribution in [0, 0.1) is 0 Å². The molecule has 1 heterocycles. The summed E-state index contributed by atoms with van der Waals surface area (Å²) in [5, 5.41) is 3.20. The third-order valence-corrected chi connectivity index (χ3v) is 2.58. The minimum Gasteiger partial charge on any atom is -0.380 e. The number of nitrogens with zero attached hydrogens (tertiary/aromatic N) is 1. The van der Waals surface area contributed by atoms with Crippen LogP contribution in [0.5, 0.6) is 0 Å². The van der Waals surface area contributed by atoms with Crippen LogP contribution in [0.25, 0.3) is 0 Å². The number of nitrogens with one attached hydrogen (secondary N) is 1. The molecule has 0 bridgehead atoms. The van der Waals surface area contributed by atoms with Gasteiger partial charge in [0.2, 0.25) is 0 Å². The molecular formula is C10H22N2O. The molecule has 78 valence electrons. The Kier molecular flexibility index (Phi) is 5.35. The predicted molar refractivity (Wildman–Crippen MR) is 55.0 cm³/mol. The van der Waals surface area contributed by atoms with Gasteiger partial charge in [-0.2, -0.15) is 0 Å². The summed E-state index contributed by atoms with van der Waals surface area (Å²) in [6.07, 6.45) is 2.45. The monoisotopic (exact) mass is 186 g/mol. The quantitative estimate of drug-likeness (QED) is 0.661. The standard InChI is InChI=1S/C10H22N2O/c1-3-6-12(7-5-11-2)10-4-8-13-9-10/h10-11H,3-9H2,1-2H3. The summed E-state index contributed by atoms with van der Waals surface area (Å²) >= 11 is 0. The van der Waals surface area contributed by atoms with E-state index < -0.39 is 0 Å². The van der Waals surface area contributed by atoms with Crippen molar-refractivity contribution in [2.24, 2.45) is 0 Å². The van der Waals surface area contributed by atoms with E-state index in [0.29, 0.717) is 6.04 Å². The summed E-state index contributed by atoms with van der Waals surface area (Å²) in [6.45, 7) is 7.56. The Morgan fingerprint density at radius 2 is 2.31 bits per heavy atom. The van der Waals surface area contributed by atoms with Gasteiger partial charge in [0.15, 0.2) is 0 Å². The van der Waals surface area contributed by atoms with Crippen LogP contribution in [0.3, 0.4) is 0 Å². The summed E-state index contributed by atoms with van der Waals surface area (Å²) in [5.41, 5.74) is 0. The lowest BCUT2D eigenvalue weighted by Gasteiger charge is -2.27. The molecule has 0 amide bonds. The zero-order valence-electron chi connectivity index (χ0n) is 8.88. The fourth-order valence-electron chi connectivity index (χ4n) is 1.83. The molecule has 1 saturated heterocycles. The molecule has 1 aliphatic heterocycles. The van der Waals surface area contributed by atoms with Gasteiger partial charge in [-0.3, -0.25) is 4.90 Å². The molecule has 0 aromatic rings. The number of hydrogen-bond acceptors (Lipinski definition) is 3. The van der Waals surface area contributed by atoms with Crippen LogP contribution in [-0.2, 0) is 4.74 Å². The first-order valence-corrected chi connectivity index (χ1v) is 5.35. The molecule has 0 spiro atoms. The molecule has 3 heteroatoms. The van der Waals surface area contributed by atoms with Crippen LogP contribution in [0.1, 0.15) is 19.8 Å². The molecular weight excluding hydrogens is 164 g/mol. The highest BCUT2D eigenvalue weighted by atomic mass is 16.5. The highest BCUT2D eigenvalue weighted by Gasteiger charge is 2.21. The first kappa shape index (κ1) is 11.0. The van der Waals surface area contributed by atoms with Crippen molar-refractivity contribution in [1.82, 2.24) is 10.2 Å². The van der Waals surface area contributed by atoms with Crippen LogP contribution in [0.2, 0.25) is 0 Å². The van der Waals surface area contributed by atoms with Crippen molar-refractivity contribution < 1.29 is 4.74 Å². The van der Waals surface area contributed by atoms with Crippen molar-refractivity contribution >= 4 is 0 Å². The van der Waals surface area contributed by atoms with Crippen LogP contribution in [0.4, 0.5) is 0 Å². The molecule has 3 nitrogen and oxygen atoms in total. The summed E-state index contributed by atoms with van der Waals surface area (Å²) in [5.74, 6) is 0. The molecule has 1 N–H and O–H groups in total. The average Bonchev–Trinajstić information content (AvgIpc) is 2.65. The van der Waals surface area contributed by atoms with Gasteiger partial charge in [-0.25, -0.2) is 0 Å². The molecule has 0 saturated carbocycles. The number of ether oxygens (including phenoxy) is 1. The van der Waals surface area contributed by atoms with Crippen molar-refractivity contribution in [2.45, 2.75) is 25.8 Å². The van der Waals surface area contributed by atoms with Crippen molar-refractivity contribution in [3.05, 3.63) is 0 Å². The van der Waals surface area contributed by atoms with Crippen LogP contribution in [-0.4, -0.2) is 50.8 Å². The molecule has 0 aromatic heterocycles. The minimum atomic E-state index is 0.674. The lowest BCUT2D eigenvalue weighted by molar-refractivity contribution is 0.144.